The van der Waals surface area contributed by atoms with Gasteiger partial charge in [-0.15, -0.1) is 0 Å². The monoisotopic (exact) mass is 232 g/mol. The van der Waals surface area contributed by atoms with Crippen LogP contribution in [0.2, 0.25) is 25.7 Å². The molecule has 0 aliphatic carbocycles. The standard InChI is InChI=1S/C10H17N2O2Si.Li/c1-15(2,3)7-6-14-9-12-5-4-11-10(12)8-13;/h4-5H,6-7,9H2,1-3H3;/q-1;+1. The van der Waals surface area contributed by atoms with E-state index in [1.165, 1.54) is 0 Å². The Morgan fingerprint density at radius 1 is 1.50 bits per heavy atom. The summed E-state index contributed by atoms with van der Waals surface area (Å²) in [6, 6.07) is 1.13. The van der Waals surface area contributed by atoms with Crippen molar-refractivity contribution in [3.05, 3.63) is 18.2 Å². The molecule has 1 aromatic heterocycles. The Bertz CT molecular complexity index is 323. The Morgan fingerprint density at radius 3 is 2.75 bits per heavy atom. The van der Waals surface area contributed by atoms with Crippen molar-refractivity contribution in [2.24, 2.45) is 0 Å². The van der Waals surface area contributed by atoms with E-state index in [1.54, 1.807) is 23.2 Å². The van der Waals surface area contributed by atoms with Gasteiger partial charge in [0.25, 0.3) is 0 Å². The minimum Gasteiger partial charge on any atom is -0.534 e. The van der Waals surface area contributed by atoms with Gasteiger partial charge in [0, 0.05) is 27.1 Å². The third-order valence-electron chi connectivity index (χ3n) is 2.03. The van der Waals surface area contributed by atoms with Gasteiger partial charge in [0.15, 0.2) is 0 Å². The molecular formula is C10H17LiN2O2Si. The van der Waals surface area contributed by atoms with E-state index in [0.717, 1.165) is 12.7 Å². The molecule has 4 nitrogen and oxygen atoms in total. The van der Waals surface area contributed by atoms with Crippen LogP contribution in [-0.2, 0) is 16.3 Å². The van der Waals surface area contributed by atoms with Crippen molar-refractivity contribution < 1.29 is 28.4 Å². The van der Waals surface area contributed by atoms with Crippen molar-refractivity contribution in [2.45, 2.75) is 32.4 Å². The van der Waals surface area contributed by atoms with Gasteiger partial charge in [-0.1, -0.05) is 19.6 Å². The Hall–Kier alpha value is -0.346. The summed E-state index contributed by atoms with van der Waals surface area (Å²) in [6.07, 6.45) is 5.05. The Labute approximate surface area is 110 Å². The first-order valence-corrected chi connectivity index (χ1v) is 8.71. The topological polar surface area (TPSA) is 44.1 Å². The maximum absolute atomic E-state index is 10.4. The summed E-state index contributed by atoms with van der Waals surface area (Å²) >= 11 is 0. The van der Waals surface area contributed by atoms with E-state index in [9.17, 15) is 4.79 Å². The van der Waals surface area contributed by atoms with Crippen LogP contribution in [0.25, 0.3) is 0 Å². The van der Waals surface area contributed by atoms with Crippen LogP contribution in [0.1, 0.15) is 5.82 Å². The number of rotatable bonds is 6. The minimum absolute atomic E-state index is 0. The summed E-state index contributed by atoms with van der Waals surface area (Å²) in [4.78, 5) is 14.3. The molecule has 1 rings (SSSR count). The second-order valence-corrected chi connectivity index (χ2v) is 10.3. The normalized spacial score (nSPS) is 10.9. The van der Waals surface area contributed by atoms with Crippen LogP contribution in [-0.4, -0.2) is 30.5 Å². The first kappa shape index (κ1) is 15.7. The van der Waals surface area contributed by atoms with E-state index in [4.69, 9.17) is 4.74 Å². The fraction of sp³-hybridized carbons (Fsp3) is 0.600. The van der Waals surface area contributed by atoms with Gasteiger partial charge in [0.2, 0.25) is 0 Å². The zero-order valence-electron chi connectivity index (χ0n) is 10.5. The molecule has 0 aliphatic rings. The summed E-state index contributed by atoms with van der Waals surface area (Å²) in [5.41, 5.74) is 0. The molecule has 1 heterocycles. The summed E-state index contributed by atoms with van der Waals surface area (Å²) in [5, 5.41) is 0. The maximum atomic E-state index is 10.4. The predicted molar refractivity (Wildman–Crippen MR) is 61.1 cm³/mol. The van der Waals surface area contributed by atoms with Crippen molar-refractivity contribution >= 4 is 14.4 Å². The molecule has 0 atom stereocenters. The van der Waals surface area contributed by atoms with Crippen LogP contribution in [0.4, 0.5) is 0 Å². The molecule has 0 N–H and O–H groups in total. The average molecular weight is 232 g/mol. The quantitative estimate of drug-likeness (QED) is 0.346. The first-order chi connectivity index (χ1) is 7.03. The van der Waals surface area contributed by atoms with Crippen LogP contribution in [0.3, 0.4) is 0 Å². The fourth-order valence-corrected chi connectivity index (χ4v) is 1.82. The van der Waals surface area contributed by atoms with Gasteiger partial charge in [-0.2, -0.15) is 6.29 Å². The number of aromatic nitrogens is 2. The molecule has 0 unspecified atom stereocenters. The Kier molecular flexibility index (Phi) is 6.92. The van der Waals surface area contributed by atoms with Gasteiger partial charge in [-0.25, -0.2) is 0 Å². The van der Waals surface area contributed by atoms with Gasteiger partial charge >= 0.3 is 18.9 Å². The largest absolute Gasteiger partial charge is 1.00 e. The molecule has 1 aromatic rings. The number of nitrogens with zero attached hydrogens (tertiary/aromatic N) is 2. The maximum Gasteiger partial charge on any atom is 1.00 e. The summed E-state index contributed by atoms with van der Waals surface area (Å²) in [6.45, 7) is 8.04. The van der Waals surface area contributed by atoms with Gasteiger partial charge in [0.1, 0.15) is 6.73 Å². The van der Waals surface area contributed by atoms with E-state index in [2.05, 4.69) is 24.6 Å². The molecule has 0 spiro atoms. The van der Waals surface area contributed by atoms with Crippen molar-refractivity contribution in [3.63, 3.8) is 0 Å². The number of hydrogen-bond acceptors (Lipinski definition) is 3. The molecule has 16 heavy (non-hydrogen) atoms. The number of carbonyl (C=O) groups excluding carboxylic acids is 1. The number of ether oxygens (including phenoxy) is 1. The SMILES string of the molecule is C[Si](C)(C)CCOCn1ccnc1[C-]=O.[Li+]. The molecule has 0 fully saturated rings. The zero-order valence-corrected chi connectivity index (χ0v) is 11.5. The van der Waals surface area contributed by atoms with Gasteiger partial charge < -0.3 is 14.1 Å². The molecular weight excluding hydrogens is 215 g/mol. The van der Waals surface area contributed by atoms with Crippen LogP contribution in [0.5, 0.6) is 0 Å². The van der Waals surface area contributed by atoms with Gasteiger partial charge in [0.05, 0.1) is 0 Å². The van der Waals surface area contributed by atoms with Crippen LogP contribution < -0.4 is 18.9 Å². The van der Waals surface area contributed by atoms with E-state index in [1.807, 2.05) is 0 Å². The summed E-state index contributed by atoms with van der Waals surface area (Å²) in [5.74, 6) is 0.294. The van der Waals surface area contributed by atoms with Crippen molar-refractivity contribution in [2.75, 3.05) is 6.61 Å². The molecule has 0 saturated carbocycles. The van der Waals surface area contributed by atoms with E-state index < -0.39 is 8.07 Å². The van der Waals surface area contributed by atoms with Gasteiger partial charge in [-0.3, -0.25) is 4.98 Å². The second-order valence-electron chi connectivity index (χ2n) is 4.67. The molecule has 0 amide bonds. The molecule has 6 heteroatoms. The van der Waals surface area contributed by atoms with Crippen LogP contribution in [0, 0.1) is 0 Å². The van der Waals surface area contributed by atoms with Gasteiger partial charge in [-0.05, 0) is 11.9 Å². The van der Waals surface area contributed by atoms with Crippen molar-refractivity contribution in [3.8, 4) is 0 Å². The molecule has 0 aromatic carbocycles. The molecule has 0 radical (unpaired) electrons. The number of imidazole rings is 1. The number of hydrogen-bond donors (Lipinski definition) is 0. The van der Waals surface area contributed by atoms with E-state index in [-0.39, 0.29) is 18.9 Å². The third-order valence-corrected chi connectivity index (χ3v) is 3.74. The molecule has 84 valence electrons. The molecule has 0 bridgehead atoms. The predicted octanol–water partition coefficient (Wildman–Crippen LogP) is -1.34. The second kappa shape index (κ2) is 7.07. The Morgan fingerprint density at radius 2 is 2.19 bits per heavy atom. The fourth-order valence-electron chi connectivity index (χ4n) is 1.06. The van der Waals surface area contributed by atoms with Crippen LogP contribution >= 0.6 is 0 Å². The van der Waals surface area contributed by atoms with Crippen molar-refractivity contribution in [1.82, 2.24) is 9.55 Å². The Balaban J connectivity index is 0.00000225. The smallest absolute Gasteiger partial charge is 0.534 e. The average Bonchev–Trinajstić information content (AvgIpc) is 2.58. The first-order valence-electron chi connectivity index (χ1n) is 5.00. The van der Waals surface area contributed by atoms with Crippen LogP contribution in [0.15, 0.2) is 12.4 Å². The summed E-state index contributed by atoms with van der Waals surface area (Å²) < 4.78 is 7.13. The molecule has 0 aliphatic heterocycles. The molecule has 0 saturated heterocycles. The van der Waals surface area contributed by atoms with Crippen molar-refractivity contribution in [1.29, 1.82) is 0 Å². The summed E-state index contributed by atoms with van der Waals surface area (Å²) in [7, 11) is -1.03. The van der Waals surface area contributed by atoms with E-state index in [0.29, 0.717) is 12.6 Å². The zero-order chi connectivity index (χ0) is 11.3. The van der Waals surface area contributed by atoms with E-state index >= 15 is 0 Å². The minimum atomic E-state index is -1.03. The third kappa shape index (κ3) is 5.66.